The largest absolute Gasteiger partial charge is 0.392 e. The number of carbonyl (C=O) groups excluding carboxylic acids is 1. The number of carbonyl (C=O) groups is 1. The number of hydrogen-bond acceptors (Lipinski definition) is 4. The van der Waals surface area contributed by atoms with Gasteiger partial charge >= 0.3 is 0 Å². The van der Waals surface area contributed by atoms with Crippen molar-refractivity contribution in [2.45, 2.75) is 39.2 Å². The van der Waals surface area contributed by atoms with Crippen molar-refractivity contribution < 1.29 is 9.63 Å². The fraction of sp³-hybridized carbons (Fsp3) is 0.286. The van der Waals surface area contributed by atoms with Gasteiger partial charge in [0.25, 0.3) is 0 Å². The second-order valence-electron chi connectivity index (χ2n) is 6.44. The minimum absolute atomic E-state index is 0.0400. The number of amides is 1. The maximum atomic E-state index is 12.1. The third-order valence-electron chi connectivity index (χ3n) is 4.33. The molecule has 0 aliphatic carbocycles. The van der Waals surface area contributed by atoms with Crippen molar-refractivity contribution in [3.8, 4) is 0 Å². The Hall–Kier alpha value is -2.50. The molecule has 0 unspecified atom stereocenters. The molecule has 0 radical (unpaired) electrons. The van der Waals surface area contributed by atoms with E-state index in [0.29, 0.717) is 24.4 Å². The van der Waals surface area contributed by atoms with Crippen molar-refractivity contribution in [3.05, 3.63) is 76.6 Å². The van der Waals surface area contributed by atoms with Gasteiger partial charge in [-0.2, -0.15) is 0 Å². The van der Waals surface area contributed by atoms with Gasteiger partial charge in [-0.05, 0) is 35.7 Å². The lowest BCUT2D eigenvalue weighted by Gasteiger charge is -2.13. The number of allylic oxidation sites excluding steroid dienone is 1. The highest BCUT2D eigenvalue weighted by Crippen LogP contribution is 2.21. The Kier molecular flexibility index (Phi) is 6.74. The molecule has 2 aromatic carbocycles. The fourth-order valence-corrected chi connectivity index (χ4v) is 3.02. The zero-order chi connectivity index (χ0) is 19.1. The first kappa shape index (κ1) is 19.3. The molecule has 0 bridgehead atoms. The topological polar surface area (TPSA) is 53.6 Å². The van der Waals surface area contributed by atoms with Gasteiger partial charge in [0.05, 0.1) is 11.9 Å². The first-order valence-corrected chi connectivity index (χ1v) is 9.55. The molecular formula is C21H24ClN3O2. The van der Waals surface area contributed by atoms with E-state index in [0.717, 1.165) is 29.9 Å². The molecule has 0 aromatic heterocycles. The summed E-state index contributed by atoms with van der Waals surface area (Å²) in [5.74, 6) is 0.683. The molecule has 142 valence electrons. The molecule has 2 aromatic rings. The van der Waals surface area contributed by atoms with Gasteiger partial charge in [-0.1, -0.05) is 60.9 Å². The van der Waals surface area contributed by atoms with Gasteiger partial charge in [-0.3, -0.25) is 4.79 Å². The van der Waals surface area contributed by atoms with Gasteiger partial charge in [-0.25, -0.2) is 5.01 Å². The average molecular weight is 386 g/mol. The van der Waals surface area contributed by atoms with Crippen LogP contribution < -0.4 is 15.9 Å². The summed E-state index contributed by atoms with van der Waals surface area (Å²) >= 11 is 6.10. The fourth-order valence-electron chi connectivity index (χ4n) is 2.82. The first-order chi connectivity index (χ1) is 13.2. The van der Waals surface area contributed by atoms with E-state index in [9.17, 15) is 4.79 Å². The molecule has 0 saturated heterocycles. The summed E-state index contributed by atoms with van der Waals surface area (Å²) in [7, 11) is 0. The SMILES string of the molecule is CCCc1ccc(N2C=C(CCC(=O)NCc3ccccc3Cl)ON2)cc1. The predicted octanol–water partition coefficient (Wildman–Crippen LogP) is 4.49. The van der Waals surface area contributed by atoms with Crippen molar-refractivity contribution in [2.24, 2.45) is 0 Å². The molecule has 0 atom stereocenters. The van der Waals surface area contributed by atoms with Gasteiger partial charge in [0, 0.05) is 24.4 Å². The Morgan fingerprint density at radius 2 is 1.93 bits per heavy atom. The molecule has 5 nitrogen and oxygen atoms in total. The van der Waals surface area contributed by atoms with Gasteiger partial charge in [0.1, 0.15) is 5.76 Å². The predicted molar refractivity (Wildman–Crippen MR) is 108 cm³/mol. The number of anilines is 1. The number of benzene rings is 2. The van der Waals surface area contributed by atoms with Crippen LogP contribution in [0, 0.1) is 0 Å². The van der Waals surface area contributed by atoms with E-state index in [2.05, 4.69) is 42.1 Å². The summed E-state index contributed by atoms with van der Waals surface area (Å²) in [6, 6.07) is 15.8. The third kappa shape index (κ3) is 5.49. The van der Waals surface area contributed by atoms with Crippen molar-refractivity contribution in [2.75, 3.05) is 5.01 Å². The summed E-state index contributed by atoms with van der Waals surface area (Å²) in [6.07, 6.45) is 4.95. The van der Waals surface area contributed by atoms with Crippen LogP contribution in [0.3, 0.4) is 0 Å². The van der Waals surface area contributed by atoms with Crippen LogP contribution in [0.4, 0.5) is 5.69 Å². The van der Waals surface area contributed by atoms with Crippen LogP contribution in [-0.2, 0) is 22.6 Å². The summed E-state index contributed by atoms with van der Waals surface area (Å²) in [4.78, 5) is 17.5. The molecule has 0 fully saturated rings. The number of nitrogens with zero attached hydrogens (tertiary/aromatic N) is 1. The molecule has 6 heteroatoms. The third-order valence-corrected chi connectivity index (χ3v) is 4.70. The Bertz CT molecular complexity index is 805. The van der Waals surface area contributed by atoms with Gasteiger partial charge in [-0.15, -0.1) is 0 Å². The molecule has 2 N–H and O–H groups in total. The van der Waals surface area contributed by atoms with Crippen molar-refractivity contribution in [1.82, 2.24) is 10.9 Å². The van der Waals surface area contributed by atoms with Crippen LogP contribution in [-0.4, -0.2) is 5.91 Å². The minimum atomic E-state index is -0.0400. The highest BCUT2D eigenvalue weighted by Gasteiger charge is 2.16. The van der Waals surface area contributed by atoms with E-state index in [1.807, 2.05) is 35.5 Å². The lowest BCUT2D eigenvalue weighted by atomic mass is 10.1. The lowest BCUT2D eigenvalue weighted by molar-refractivity contribution is -0.121. The molecule has 1 amide bonds. The molecule has 1 aliphatic heterocycles. The maximum absolute atomic E-state index is 12.1. The standard InChI is InChI=1S/C21H24ClN3O2/c1-2-5-16-8-10-18(11-9-16)25-15-19(27-24-25)12-13-21(26)23-14-17-6-3-4-7-20(17)22/h3-4,6-11,15,24H,2,5,12-14H2,1H3,(H,23,26). The quantitative estimate of drug-likeness (QED) is 0.703. The van der Waals surface area contributed by atoms with Crippen LogP contribution in [0.5, 0.6) is 0 Å². The van der Waals surface area contributed by atoms with Crippen molar-refractivity contribution in [3.63, 3.8) is 0 Å². The molecule has 27 heavy (non-hydrogen) atoms. The highest BCUT2D eigenvalue weighted by molar-refractivity contribution is 6.31. The zero-order valence-corrected chi connectivity index (χ0v) is 16.1. The Morgan fingerprint density at radius 1 is 1.15 bits per heavy atom. The van der Waals surface area contributed by atoms with Crippen LogP contribution in [0.25, 0.3) is 0 Å². The van der Waals surface area contributed by atoms with Gasteiger partial charge in [0.2, 0.25) is 5.91 Å². The Morgan fingerprint density at radius 3 is 2.67 bits per heavy atom. The Balaban J connectivity index is 1.46. The second kappa shape index (κ2) is 9.44. The molecule has 0 spiro atoms. The van der Waals surface area contributed by atoms with Crippen molar-refractivity contribution in [1.29, 1.82) is 0 Å². The zero-order valence-electron chi connectivity index (χ0n) is 15.4. The number of hydrogen-bond donors (Lipinski definition) is 2. The van der Waals surface area contributed by atoms with E-state index < -0.39 is 0 Å². The molecule has 1 aliphatic rings. The van der Waals surface area contributed by atoms with Gasteiger partial charge in [0.15, 0.2) is 0 Å². The summed E-state index contributed by atoms with van der Waals surface area (Å²) in [5.41, 5.74) is 6.07. The average Bonchev–Trinajstić information content (AvgIpc) is 3.16. The van der Waals surface area contributed by atoms with E-state index in [1.54, 1.807) is 0 Å². The molecule has 1 heterocycles. The number of nitrogens with one attached hydrogen (secondary N) is 2. The number of aryl methyl sites for hydroxylation is 1. The highest BCUT2D eigenvalue weighted by atomic mass is 35.5. The Labute approximate surface area is 164 Å². The van der Waals surface area contributed by atoms with E-state index in [4.69, 9.17) is 16.4 Å². The smallest absolute Gasteiger partial charge is 0.220 e. The van der Waals surface area contributed by atoms with Crippen LogP contribution >= 0.6 is 11.6 Å². The minimum Gasteiger partial charge on any atom is -0.392 e. The second-order valence-corrected chi connectivity index (χ2v) is 6.85. The molecular weight excluding hydrogens is 362 g/mol. The van der Waals surface area contributed by atoms with E-state index >= 15 is 0 Å². The van der Waals surface area contributed by atoms with Crippen LogP contribution in [0.2, 0.25) is 5.02 Å². The lowest BCUT2D eigenvalue weighted by Crippen LogP contribution is -2.27. The summed E-state index contributed by atoms with van der Waals surface area (Å²) in [5, 5.41) is 5.35. The summed E-state index contributed by atoms with van der Waals surface area (Å²) < 4.78 is 0. The molecule has 3 rings (SSSR count). The van der Waals surface area contributed by atoms with Crippen LogP contribution in [0.15, 0.2) is 60.5 Å². The van der Waals surface area contributed by atoms with Gasteiger partial charge < -0.3 is 10.2 Å². The van der Waals surface area contributed by atoms with E-state index in [1.165, 1.54) is 5.56 Å². The maximum Gasteiger partial charge on any atom is 0.220 e. The normalized spacial score (nSPS) is 13.3. The van der Waals surface area contributed by atoms with Crippen molar-refractivity contribution >= 4 is 23.2 Å². The van der Waals surface area contributed by atoms with E-state index in [-0.39, 0.29) is 5.91 Å². The first-order valence-electron chi connectivity index (χ1n) is 9.17. The molecule has 0 saturated carbocycles. The number of hydrazine groups is 1. The summed E-state index contributed by atoms with van der Waals surface area (Å²) in [6.45, 7) is 2.59. The number of rotatable bonds is 8. The monoisotopic (exact) mass is 385 g/mol. The number of halogens is 1. The van der Waals surface area contributed by atoms with Crippen LogP contribution in [0.1, 0.15) is 37.3 Å².